The summed E-state index contributed by atoms with van der Waals surface area (Å²) in [6, 6.07) is 8.38. The highest BCUT2D eigenvalue weighted by Crippen LogP contribution is 2.40. The highest BCUT2D eigenvalue weighted by atomic mass is 32.1. The lowest BCUT2D eigenvalue weighted by molar-refractivity contribution is -0.134. The van der Waals surface area contributed by atoms with Gasteiger partial charge in [0.25, 0.3) is 5.91 Å². The summed E-state index contributed by atoms with van der Waals surface area (Å²) in [5.41, 5.74) is 0.766. The van der Waals surface area contributed by atoms with E-state index in [9.17, 15) is 19.2 Å². The molecule has 0 bridgehead atoms. The van der Waals surface area contributed by atoms with Crippen molar-refractivity contribution in [1.82, 2.24) is 10.2 Å². The third-order valence-electron chi connectivity index (χ3n) is 6.43. The molecule has 0 unspecified atom stereocenters. The Morgan fingerprint density at radius 3 is 2.67 bits per heavy atom. The largest absolute Gasteiger partial charge is 0.465 e. The molecule has 1 aromatic carbocycles. The van der Waals surface area contributed by atoms with Crippen LogP contribution in [0.4, 0.5) is 9.80 Å². The number of hydrogen-bond acceptors (Lipinski definition) is 6. The van der Waals surface area contributed by atoms with Crippen molar-refractivity contribution in [2.24, 2.45) is 5.92 Å². The van der Waals surface area contributed by atoms with Crippen LogP contribution < -0.4 is 10.6 Å². The lowest BCUT2D eigenvalue weighted by Gasteiger charge is -2.25. The Hall–Kier alpha value is -3.20. The van der Waals surface area contributed by atoms with Crippen molar-refractivity contribution in [3.05, 3.63) is 51.9 Å². The van der Waals surface area contributed by atoms with E-state index in [4.69, 9.17) is 4.74 Å². The Balaban J connectivity index is 1.56. The van der Waals surface area contributed by atoms with Crippen LogP contribution in [0.3, 0.4) is 0 Å². The number of benzene rings is 1. The number of thiophene rings is 1. The minimum Gasteiger partial charge on any atom is -0.465 e. The number of carbonyl (C=O) groups is 4. The van der Waals surface area contributed by atoms with E-state index in [1.165, 1.54) is 18.4 Å². The van der Waals surface area contributed by atoms with Gasteiger partial charge in [0.15, 0.2) is 0 Å². The fourth-order valence-corrected chi connectivity index (χ4v) is 6.01. The molecule has 4 amide bonds. The first kappa shape index (κ1) is 23.0. The summed E-state index contributed by atoms with van der Waals surface area (Å²) < 4.78 is 4.96. The Morgan fingerprint density at radius 1 is 1.27 bits per heavy atom. The van der Waals surface area contributed by atoms with Gasteiger partial charge in [0.1, 0.15) is 17.1 Å². The topological polar surface area (TPSA) is 105 Å². The summed E-state index contributed by atoms with van der Waals surface area (Å²) in [7, 11) is 1.31. The van der Waals surface area contributed by atoms with Gasteiger partial charge in [-0.05, 0) is 42.7 Å². The first-order chi connectivity index (χ1) is 15.8. The van der Waals surface area contributed by atoms with Crippen LogP contribution in [0, 0.1) is 5.92 Å². The van der Waals surface area contributed by atoms with Gasteiger partial charge in [0, 0.05) is 4.88 Å². The number of rotatable bonds is 6. The van der Waals surface area contributed by atoms with E-state index < -0.39 is 35.9 Å². The Labute approximate surface area is 196 Å². The number of urea groups is 1. The van der Waals surface area contributed by atoms with Gasteiger partial charge in [-0.1, -0.05) is 44.2 Å². The zero-order chi connectivity index (χ0) is 23.8. The van der Waals surface area contributed by atoms with Crippen molar-refractivity contribution in [2.45, 2.75) is 45.1 Å². The summed E-state index contributed by atoms with van der Waals surface area (Å²) in [5.74, 6) is -1.02. The molecule has 2 aliphatic rings. The van der Waals surface area contributed by atoms with Crippen molar-refractivity contribution in [2.75, 3.05) is 19.0 Å². The number of anilines is 1. The number of amides is 4. The Morgan fingerprint density at radius 2 is 2.00 bits per heavy atom. The molecular formula is C24H27N3O5S. The van der Waals surface area contributed by atoms with Crippen LogP contribution in [-0.2, 0) is 32.7 Å². The van der Waals surface area contributed by atoms with Gasteiger partial charge in [-0.25, -0.2) is 9.59 Å². The standard InChI is InChI=1S/C24H27N3O5S/c1-4-24(15-8-6-5-7-9-15)22(30)27(23(31)26-24)13-18(28)25-20-19(21(29)32-3)16-11-10-14(2)12-17(16)33-20/h5-9,14H,4,10-13H2,1-3H3,(H,25,28)(H,26,31)/t14-,24+/m1/s1. The summed E-state index contributed by atoms with van der Waals surface area (Å²) >= 11 is 1.36. The average molecular weight is 470 g/mol. The van der Waals surface area contributed by atoms with Gasteiger partial charge in [0.2, 0.25) is 5.91 Å². The van der Waals surface area contributed by atoms with Gasteiger partial charge in [-0.2, -0.15) is 0 Å². The fraction of sp³-hybridized carbons (Fsp3) is 0.417. The zero-order valence-corrected chi connectivity index (χ0v) is 19.7. The number of carbonyl (C=O) groups excluding carboxylic acids is 4. The fourth-order valence-electron chi connectivity index (χ4n) is 4.60. The van der Waals surface area contributed by atoms with Crippen LogP contribution in [-0.4, -0.2) is 42.4 Å². The molecule has 0 spiro atoms. The van der Waals surface area contributed by atoms with Crippen LogP contribution >= 0.6 is 11.3 Å². The predicted octanol–water partition coefficient (Wildman–Crippen LogP) is 3.46. The van der Waals surface area contributed by atoms with E-state index in [1.54, 1.807) is 24.3 Å². The number of hydrogen-bond donors (Lipinski definition) is 2. The Bertz CT molecular complexity index is 1110. The van der Waals surface area contributed by atoms with Crippen molar-refractivity contribution in [3.63, 3.8) is 0 Å². The molecule has 1 aliphatic heterocycles. The SMILES string of the molecule is CC[C@@]1(c2ccccc2)NC(=O)N(CC(=O)Nc2sc3c(c2C(=O)OC)CC[C@@H](C)C3)C1=O. The van der Waals surface area contributed by atoms with Gasteiger partial charge < -0.3 is 15.4 Å². The molecule has 9 heteroatoms. The molecule has 174 valence electrons. The molecule has 1 aromatic heterocycles. The van der Waals surface area contributed by atoms with Gasteiger partial charge >= 0.3 is 12.0 Å². The summed E-state index contributed by atoms with van der Waals surface area (Å²) in [6.45, 7) is 3.52. The molecule has 8 nitrogen and oxygen atoms in total. The highest BCUT2D eigenvalue weighted by Gasteiger charge is 2.51. The van der Waals surface area contributed by atoms with Crippen LogP contribution in [0.25, 0.3) is 0 Å². The van der Waals surface area contributed by atoms with Crippen molar-refractivity contribution >= 4 is 40.2 Å². The van der Waals surface area contributed by atoms with Gasteiger partial charge in [-0.15, -0.1) is 11.3 Å². The van der Waals surface area contributed by atoms with E-state index in [0.29, 0.717) is 28.5 Å². The van der Waals surface area contributed by atoms with Gasteiger partial charge in [-0.3, -0.25) is 14.5 Å². The highest BCUT2D eigenvalue weighted by molar-refractivity contribution is 7.17. The van der Waals surface area contributed by atoms with Crippen molar-refractivity contribution < 1.29 is 23.9 Å². The lowest BCUT2D eigenvalue weighted by Crippen LogP contribution is -2.44. The minimum atomic E-state index is -1.20. The van der Waals surface area contributed by atoms with E-state index in [-0.39, 0.29) is 0 Å². The van der Waals surface area contributed by atoms with Crippen molar-refractivity contribution in [1.29, 1.82) is 0 Å². The van der Waals surface area contributed by atoms with E-state index >= 15 is 0 Å². The number of imide groups is 1. The van der Waals surface area contributed by atoms with Crippen LogP contribution in [0.15, 0.2) is 30.3 Å². The number of nitrogens with one attached hydrogen (secondary N) is 2. The number of methoxy groups -OCH3 is 1. The molecule has 2 N–H and O–H groups in total. The molecule has 1 aliphatic carbocycles. The molecular weight excluding hydrogens is 442 g/mol. The number of nitrogens with zero attached hydrogens (tertiary/aromatic N) is 1. The van der Waals surface area contributed by atoms with E-state index in [1.807, 2.05) is 13.0 Å². The first-order valence-corrected chi connectivity index (χ1v) is 11.8. The second-order valence-corrected chi connectivity index (χ2v) is 9.65. The molecule has 0 saturated carbocycles. The molecule has 0 radical (unpaired) electrons. The predicted molar refractivity (Wildman–Crippen MR) is 124 cm³/mol. The Kier molecular flexibility index (Phi) is 6.25. The molecule has 2 aromatic rings. The van der Waals surface area contributed by atoms with Crippen LogP contribution in [0.5, 0.6) is 0 Å². The third kappa shape index (κ3) is 4.01. The van der Waals surface area contributed by atoms with Crippen molar-refractivity contribution in [3.8, 4) is 0 Å². The normalized spacial score (nSPS) is 22.0. The number of esters is 1. The number of ether oxygens (including phenoxy) is 1. The lowest BCUT2D eigenvalue weighted by atomic mass is 9.87. The maximum Gasteiger partial charge on any atom is 0.341 e. The molecule has 4 rings (SSSR count). The molecule has 1 saturated heterocycles. The third-order valence-corrected chi connectivity index (χ3v) is 7.60. The van der Waals surface area contributed by atoms with Gasteiger partial charge in [0.05, 0.1) is 12.7 Å². The van der Waals surface area contributed by atoms with E-state index in [2.05, 4.69) is 17.6 Å². The average Bonchev–Trinajstić information content (AvgIpc) is 3.28. The minimum absolute atomic E-state index is 0.349. The second-order valence-electron chi connectivity index (χ2n) is 8.54. The van der Waals surface area contributed by atoms with E-state index in [0.717, 1.165) is 34.6 Å². The smallest absolute Gasteiger partial charge is 0.341 e. The van der Waals surface area contributed by atoms with Crippen LogP contribution in [0.1, 0.15) is 53.1 Å². The second kappa shape index (κ2) is 8.97. The monoisotopic (exact) mass is 469 g/mol. The number of fused-ring (bicyclic) bond motifs is 1. The summed E-state index contributed by atoms with van der Waals surface area (Å²) in [4.78, 5) is 53.3. The molecule has 1 fully saturated rings. The first-order valence-electron chi connectivity index (χ1n) is 11.0. The molecule has 2 atom stereocenters. The zero-order valence-electron chi connectivity index (χ0n) is 18.9. The summed E-state index contributed by atoms with van der Waals surface area (Å²) in [6.07, 6.45) is 2.89. The maximum absolute atomic E-state index is 13.3. The molecule has 2 heterocycles. The summed E-state index contributed by atoms with van der Waals surface area (Å²) in [5, 5.41) is 5.93. The molecule has 33 heavy (non-hydrogen) atoms. The maximum atomic E-state index is 13.3. The quantitative estimate of drug-likeness (QED) is 0.498. The van der Waals surface area contributed by atoms with Crippen LogP contribution in [0.2, 0.25) is 0 Å².